The fourth-order valence-corrected chi connectivity index (χ4v) is 3.45. The highest BCUT2D eigenvalue weighted by Crippen LogP contribution is 2.23. The van der Waals surface area contributed by atoms with Crippen molar-refractivity contribution in [2.45, 2.75) is 25.7 Å². The molecule has 7 heteroatoms. The Morgan fingerprint density at radius 1 is 1.12 bits per heavy atom. The summed E-state index contributed by atoms with van der Waals surface area (Å²) in [5.74, 6) is -0.553. The van der Waals surface area contributed by atoms with E-state index in [0.29, 0.717) is 18.8 Å². The zero-order valence-corrected chi connectivity index (χ0v) is 14.2. The van der Waals surface area contributed by atoms with Crippen molar-refractivity contribution in [1.82, 2.24) is 9.80 Å². The van der Waals surface area contributed by atoms with Crippen molar-refractivity contribution in [2.24, 2.45) is 5.92 Å². The van der Waals surface area contributed by atoms with E-state index in [-0.39, 0.29) is 22.9 Å². The molecule has 2 aliphatic rings. The Morgan fingerprint density at radius 3 is 2.54 bits per heavy atom. The largest absolute Gasteiger partial charge is 0.342 e. The van der Waals surface area contributed by atoms with Crippen molar-refractivity contribution in [1.29, 1.82) is 0 Å². The molecule has 0 bridgehead atoms. The summed E-state index contributed by atoms with van der Waals surface area (Å²) in [4.78, 5) is 28.4. The number of carbonyl (C=O) groups is 2. The highest BCUT2D eigenvalue weighted by molar-refractivity contribution is 6.30. The number of carbonyl (C=O) groups excluding carboxylic acids is 2. The van der Waals surface area contributed by atoms with Crippen LogP contribution in [0.4, 0.5) is 14.9 Å². The molecule has 0 aliphatic carbocycles. The first kappa shape index (κ1) is 17.0. The number of nitrogens with one attached hydrogen (secondary N) is 1. The third-order valence-electron chi connectivity index (χ3n) is 4.65. The molecule has 130 valence electrons. The number of amides is 3. The van der Waals surface area contributed by atoms with Crippen molar-refractivity contribution < 1.29 is 14.0 Å². The Balaban J connectivity index is 1.60. The molecule has 0 unspecified atom stereocenters. The highest BCUT2D eigenvalue weighted by atomic mass is 35.5. The van der Waals surface area contributed by atoms with Gasteiger partial charge in [-0.1, -0.05) is 11.6 Å². The molecule has 3 amide bonds. The maximum Gasteiger partial charge on any atom is 0.321 e. The van der Waals surface area contributed by atoms with Crippen LogP contribution in [0.25, 0.3) is 0 Å². The van der Waals surface area contributed by atoms with Gasteiger partial charge < -0.3 is 15.1 Å². The third-order valence-corrected chi connectivity index (χ3v) is 4.95. The number of nitrogens with zero attached hydrogens (tertiary/aromatic N) is 2. The van der Waals surface area contributed by atoms with Gasteiger partial charge in [0.2, 0.25) is 5.91 Å². The summed E-state index contributed by atoms with van der Waals surface area (Å²) in [7, 11) is 0. The zero-order valence-electron chi connectivity index (χ0n) is 13.4. The highest BCUT2D eigenvalue weighted by Gasteiger charge is 2.32. The molecule has 0 aromatic heterocycles. The van der Waals surface area contributed by atoms with Crippen LogP contribution in [0.3, 0.4) is 0 Å². The number of anilines is 1. The molecule has 1 aromatic carbocycles. The van der Waals surface area contributed by atoms with Crippen LogP contribution in [0.15, 0.2) is 18.2 Å². The van der Waals surface area contributed by atoms with Gasteiger partial charge in [0.15, 0.2) is 0 Å². The summed E-state index contributed by atoms with van der Waals surface area (Å²) >= 11 is 5.64. The van der Waals surface area contributed by atoms with Gasteiger partial charge in [0.25, 0.3) is 0 Å². The second kappa shape index (κ2) is 7.38. The monoisotopic (exact) mass is 353 g/mol. The normalized spacial score (nSPS) is 21.0. The predicted octanol–water partition coefficient (Wildman–Crippen LogP) is 3.35. The van der Waals surface area contributed by atoms with E-state index in [4.69, 9.17) is 11.6 Å². The van der Waals surface area contributed by atoms with Gasteiger partial charge in [-0.2, -0.15) is 0 Å². The Morgan fingerprint density at radius 2 is 1.83 bits per heavy atom. The maximum atomic E-state index is 13.5. The van der Waals surface area contributed by atoms with E-state index in [0.717, 1.165) is 38.8 Å². The van der Waals surface area contributed by atoms with Gasteiger partial charge >= 0.3 is 6.03 Å². The van der Waals surface area contributed by atoms with Gasteiger partial charge in [0, 0.05) is 31.9 Å². The van der Waals surface area contributed by atoms with Crippen LogP contribution in [0.5, 0.6) is 0 Å². The molecule has 2 heterocycles. The lowest BCUT2D eigenvalue weighted by molar-refractivity contribution is -0.135. The molecule has 0 spiro atoms. The molecule has 1 N–H and O–H groups in total. The topological polar surface area (TPSA) is 52.7 Å². The second-order valence-electron chi connectivity index (χ2n) is 6.38. The third kappa shape index (κ3) is 3.80. The summed E-state index contributed by atoms with van der Waals surface area (Å²) in [6.07, 6.45) is 3.73. The molecule has 2 saturated heterocycles. The average molecular weight is 354 g/mol. The van der Waals surface area contributed by atoms with Crippen molar-refractivity contribution in [3.8, 4) is 0 Å². The lowest BCUT2D eigenvalue weighted by atomic mass is 9.97. The Bertz CT molecular complexity index is 634. The number of rotatable bonds is 2. The molecule has 24 heavy (non-hydrogen) atoms. The Labute approximate surface area is 145 Å². The maximum absolute atomic E-state index is 13.5. The molecular weight excluding hydrogens is 333 g/mol. The summed E-state index contributed by atoms with van der Waals surface area (Å²) in [6.45, 7) is 2.67. The van der Waals surface area contributed by atoms with Crippen molar-refractivity contribution >= 4 is 29.2 Å². The zero-order chi connectivity index (χ0) is 17.1. The number of urea groups is 1. The van der Waals surface area contributed by atoms with E-state index in [1.807, 2.05) is 4.90 Å². The molecule has 3 rings (SSSR count). The minimum Gasteiger partial charge on any atom is -0.342 e. The first-order valence-electron chi connectivity index (χ1n) is 8.34. The fraction of sp³-hybridized carbons (Fsp3) is 0.529. The molecule has 2 aliphatic heterocycles. The standard InChI is InChI=1S/C17H21ClFN3O2/c18-14-6-5-13(10-15(14)19)20-17(24)22-9-3-4-12(11-22)16(23)21-7-1-2-8-21/h5-6,10,12H,1-4,7-9,11H2,(H,20,24)/t12-/m0/s1. The molecule has 1 aromatic rings. The smallest absolute Gasteiger partial charge is 0.321 e. The van der Waals surface area contributed by atoms with Gasteiger partial charge in [0.05, 0.1) is 10.9 Å². The molecule has 0 radical (unpaired) electrons. The summed E-state index contributed by atoms with van der Waals surface area (Å²) in [6, 6.07) is 3.84. The number of benzene rings is 1. The van der Waals surface area contributed by atoms with Gasteiger partial charge in [-0.15, -0.1) is 0 Å². The van der Waals surface area contributed by atoms with Gasteiger partial charge in [-0.3, -0.25) is 4.79 Å². The average Bonchev–Trinajstić information content (AvgIpc) is 3.12. The number of halogens is 2. The van der Waals surface area contributed by atoms with Crippen LogP contribution >= 0.6 is 11.6 Å². The summed E-state index contributed by atoms with van der Waals surface area (Å²) in [5.41, 5.74) is 0.356. The minimum absolute atomic E-state index is 0.0160. The first-order chi connectivity index (χ1) is 11.5. The van der Waals surface area contributed by atoms with Crippen LogP contribution in [0.1, 0.15) is 25.7 Å². The van der Waals surface area contributed by atoms with Crippen LogP contribution in [0.2, 0.25) is 5.02 Å². The van der Waals surface area contributed by atoms with Gasteiger partial charge in [0.1, 0.15) is 5.82 Å². The quantitative estimate of drug-likeness (QED) is 0.886. The van der Waals surface area contributed by atoms with Gasteiger partial charge in [-0.05, 0) is 43.9 Å². The summed E-state index contributed by atoms with van der Waals surface area (Å²) in [5, 5.41) is 2.69. The van der Waals surface area contributed by atoms with Crippen LogP contribution in [-0.2, 0) is 4.79 Å². The van der Waals surface area contributed by atoms with Gasteiger partial charge in [-0.25, -0.2) is 9.18 Å². The molecule has 5 nitrogen and oxygen atoms in total. The minimum atomic E-state index is -0.574. The fourth-order valence-electron chi connectivity index (χ4n) is 3.34. The first-order valence-corrected chi connectivity index (χ1v) is 8.72. The molecule has 0 saturated carbocycles. The SMILES string of the molecule is O=C(Nc1ccc(Cl)c(F)c1)N1CCC[C@H](C(=O)N2CCCC2)C1. The van der Waals surface area contributed by atoms with E-state index in [9.17, 15) is 14.0 Å². The second-order valence-corrected chi connectivity index (χ2v) is 6.78. The Kier molecular flexibility index (Phi) is 5.23. The van der Waals surface area contributed by atoms with Crippen LogP contribution in [-0.4, -0.2) is 47.9 Å². The number of hydrogen-bond acceptors (Lipinski definition) is 2. The lowest BCUT2D eigenvalue weighted by Crippen LogP contribution is -2.47. The number of piperidine rings is 1. The molecular formula is C17H21ClFN3O2. The van der Waals surface area contributed by atoms with E-state index in [1.165, 1.54) is 12.1 Å². The summed E-state index contributed by atoms with van der Waals surface area (Å²) < 4.78 is 13.5. The lowest BCUT2D eigenvalue weighted by Gasteiger charge is -2.33. The number of likely N-dealkylation sites (tertiary alicyclic amines) is 2. The Hall–Kier alpha value is -1.82. The van der Waals surface area contributed by atoms with E-state index < -0.39 is 5.82 Å². The van der Waals surface area contributed by atoms with Crippen molar-refractivity contribution in [2.75, 3.05) is 31.5 Å². The van der Waals surface area contributed by atoms with Crippen LogP contribution in [0, 0.1) is 11.7 Å². The van der Waals surface area contributed by atoms with Crippen LogP contribution < -0.4 is 5.32 Å². The molecule has 1 atom stereocenters. The predicted molar refractivity (Wildman–Crippen MR) is 90.5 cm³/mol. The van der Waals surface area contributed by atoms with E-state index >= 15 is 0 Å². The van der Waals surface area contributed by atoms with Crippen molar-refractivity contribution in [3.05, 3.63) is 29.0 Å². The van der Waals surface area contributed by atoms with E-state index in [2.05, 4.69) is 5.32 Å². The molecule has 2 fully saturated rings. The van der Waals surface area contributed by atoms with Crippen molar-refractivity contribution in [3.63, 3.8) is 0 Å². The van der Waals surface area contributed by atoms with E-state index in [1.54, 1.807) is 11.0 Å². The number of hydrogen-bond donors (Lipinski definition) is 1.